The third-order valence-corrected chi connectivity index (χ3v) is 3.27. The van der Waals surface area contributed by atoms with Gasteiger partial charge in [-0.1, -0.05) is 13.8 Å². The van der Waals surface area contributed by atoms with Crippen LogP contribution < -0.4 is 5.32 Å². The van der Waals surface area contributed by atoms with Gasteiger partial charge in [0, 0.05) is 11.7 Å². The van der Waals surface area contributed by atoms with E-state index in [0.29, 0.717) is 12.0 Å². The Morgan fingerprint density at radius 3 is 2.53 bits per heavy atom. The average molecular weight is 209 g/mol. The van der Waals surface area contributed by atoms with Gasteiger partial charge in [0.25, 0.3) is 0 Å². The number of hydrogen-bond acceptors (Lipinski definition) is 2. The lowest BCUT2D eigenvalue weighted by Crippen LogP contribution is -2.26. The molecule has 0 fully saturated rings. The molecule has 15 heavy (non-hydrogen) atoms. The number of aromatic nitrogens is 2. The number of nitrogens with one attached hydrogen (secondary N) is 1. The van der Waals surface area contributed by atoms with Crippen LogP contribution in [0.4, 0.5) is 0 Å². The van der Waals surface area contributed by atoms with Crippen molar-refractivity contribution in [1.29, 1.82) is 0 Å². The van der Waals surface area contributed by atoms with E-state index in [-0.39, 0.29) is 0 Å². The van der Waals surface area contributed by atoms with Crippen LogP contribution in [0.2, 0.25) is 0 Å². The molecule has 0 saturated heterocycles. The summed E-state index contributed by atoms with van der Waals surface area (Å²) >= 11 is 0. The molecule has 0 aromatic carbocycles. The Bertz CT molecular complexity index is 304. The van der Waals surface area contributed by atoms with Gasteiger partial charge >= 0.3 is 0 Å². The van der Waals surface area contributed by atoms with Crippen LogP contribution in [-0.2, 0) is 0 Å². The molecule has 3 heteroatoms. The zero-order chi connectivity index (χ0) is 11.4. The van der Waals surface area contributed by atoms with Crippen molar-refractivity contribution >= 4 is 0 Å². The highest BCUT2D eigenvalue weighted by atomic mass is 15.1. The first-order valence-corrected chi connectivity index (χ1v) is 5.78. The molecule has 0 spiro atoms. The van der Waals surface area contributed by atoms with Crippen molar-refractivity contribution in [2.45, 2.75) is 40.7 Å². The molecule has 0 amide bonds. The van der Waals surface area contributed by atoms with Crippen LogP contribution in [-0.4, -0.2) is 22.6 Å². The summed E-state index contributed by atoms with van der Waals surface area (Å²) in [7, 11) is 0. The Hall–Kier alpha value is -0.830. The number of hydrogen-bond donors (Lipinski definition) is 1. The maximum atomic E-state index is 4.34. The van der Waals surface area contributed by atoms with Gasteiger partial charge in [-0.3, -0.25) is 0 Å². The average Bonchev–Trinajstić information content (AvgIpc) is 2.55. The van der Waals surface area contributed by atoms with Crippen molar-refractivity contribution < 1.29 is 0 Å². The first kappa shape index (κ1) is 12.2. The first-order valence-electron chi connectivity index (χ1n) is 5.78. The second-order valence-electron chi connectivity index (χ2n) is 4.35. The lowest BCUT2D eigenvalue weighted by Gasteiger charge is -2.23. The minimum Gasteiger partial charge on any atom is -0.332 e. The molecule has 1 heterocycles. The highest BCUT2D eigenvalue weighted by molar-refractivity contribution is 5.09. The van der Waals surface area contributed by atoms with Gasteiger partial charge in [-0.15, -0.1) is 0 Å². The smallest absolute Gasteiger partial charge is 0.0954 e. The van der Waals surface area contributed by atoms with E-state index in [1.54, 1.807) is 0 Å². The van der Waals surface area contributed by atoms with Crippen molar-refractivity contribution in [3.63, 3.8) is 0 Å². The number of rotatable bonds is 5. The summed E-state index contributed by atoms with van der Waals surface area (Å²) in [6, 6.07) is 0.505. The normalized spacial score (nSPS) is 15.3. The van der Waals surface area contributed by atoms with Crippen LogP contribution in [0.3, 0.4) is 0 Å². The molecule has 1 aromatic rings. The molecule has 0 aliphatic heterocycles. The molecule has 0 aliphatic rings. The second kappa shape index (κ2) is 5.31. The van der Waals surface area contributed by atoms with E-state index in [9.17, 15) is 0 Å². The van der Waals surface area contributed by atoms with Gasteiger partial charge in [0.15, 0.2) is 0 Å². The maximum absolute atomic E-state index is 4.34. The van der Waals surface area contributed by atoms with E-state index in [0.717, 1.165) is 18.8 Å². The molecule has 1 N–H and O–H groups in total. The van der Waals surface area contributed by atoms with E-state index < -0.39 is 0 Å². The van der Waals surface area contributed by atoms with Crippen molar-refractivity contribution in [2.75, 3.05) is 13.1 Å². The number of aryl methyl sites for hydroxylation is 1. The molecule has 0 bridgehead atoms. The van der Waals surface area contributed by atoms with Gasteiger partial charge < -0.3 is 9.88 Å². The van der Waals surface area contributed by atoms with Crippen LogP contribution in [0.15, 0.2) is 6.33 Å². The fourth-order valence-electron chi connectivity index (χ4n) is 1.74. The van der Waals surface area contributed by atoms with Crippen molar-refractivity contribution in [3.05, 3.63) is 17.7 Å². The topological polar surface area (TPSA) is 29.9 Å². The van der Waals surface area contributed by atoms with Crippen LogP contribution in [0.1, 0.15) is 38.2 Å². The van der Waals surface area contributed by atoms with E-state index in [2.05, 4.69) is 49.5 Å². The molecule has 1 rings (SSSR count). The third-order valence-electron chi connectivity index (χ3n) is 3.27. The Kier molecular flexibility index (Phi) is 4.33. The minimum absolute atomic E-state index is 0.505. The maximum Gasteiger partial charge on any atom is 0.0954 e. The highest BCUT2D eigenvalue weighted by Crippen LogP contribution is 2.19. The molecule has 0 aliphatic carbocycles. The van der Waals surface area contributed by atoms with Gasteiger partial charge in [-0.25, -0.2) is 4.98 Å². The highest BCUT2D eigenvalue weighted by Gasteiger charge is 2.15. The largest absolute Gasteiger partial charge is 0.332 e. The Balaban J connectivity index is 2.67. The predicted octanol–water partition coefficient (Wildman–Crippen LogP) is 2.31. The van der Waals surface area contributed by atoms with E-state index in [1.807, 2.05) is 6.33 Å². The zero-order valence-corrected chi connectivity index (χ0v) is 10.5. The summed E-state index contributed by atoms with van der Waals surface area (Å²) in [5.41, 5.74) is 2.42. The van der Waals surface area contributed by atoms with Crippen LogP contribution in [0.25, 0.3) is 0 Å². The van der Waals surface area contributed by atoms with Crippen molar-refractivity contribution in [1.82, 2.24) is 14.9 Å². The summed E-state index contributed by atoms with van der Waals surface area (Å²) in [5, 5.41) is 3.39. The molecule has 2 atom stereocenters. The molecule has 0 saturated carbocycles. The lowest BCUT2D eigenvalue weighted by molar-refractivity contribution is 0.359. The Morgan fingerprint density at radius 2 is 2.07 bits per heavy atom. The Labute approximate surface area is 92.9 Å². The van der Waals surface area contributed by atoms with Gasteiger partial charge in [-0.2, -0.15) is 0 Å². The molecule has 86 valence electrons. The molecule has 3 nitrogen and oxygen atoms in total. The molecular formula is C12H23N3. The molecule has 1 aromatic heterocycles. The van der Waals surface area contributed by atoms with Crippen molar-refractivity contribution in [3.8, 4) is 0 Å². The zero-order valence-electron chi connectivity index (χ0n) is 10.5. The van der Waals surface area contributed by atoms with E-state index in [1.165, 1.54) is 5.69 Å². The number of imidazole rings is 1. The SMILES string of the molecule is CCNCC(C)C(C)n1cnc(C)c1C. The summed E-state index contributed by atoms with van der Waals surface area (Å²) in [4.78, 5) is 4.34. The molecule has 0 radical (unpaired) electrons. The fraction of sp³-hybridized carbons (Fsp3) is 0.750. The Morgan fingerprint density at radius 1 is 1.40 bits per heavy atom. The van der Waals surface area contributed by atoms with Gasteiger partial charge in [0.2, 0.25) is 0 Å². The van der Waals surface area contributed by atoms with Gasteiger partial charge in [0.05, 0.1) is 12.0 Å². The fourth-order valence-corrected chi connectivity index (χ4v) is 1.74. The van der Waals surface area contributed by atoms with Crippen LogP contribution >= 0.6 is 0 Å². The predicted molar refractivity (Wildman–Crippen MR) is 64.1 cm³/mol. The van der Waals surface area contributed by atoms with Crippen LogP contribution in [0.5, 0.6) is 0 Å². The standard InChI is InChI=1S/C12H23N3/c1-6-13-7-9(2)11(4)15-8-14-10(3)12(15)5/h8-9,11,13H,6-7H2,1-5H3. The number of nitrogens with zero attached hydrogens (tertiary/aromatic N) is 2. The molecular weight excluding hydrogens is 186 g/mol. The van der Waals surface area contributed by atoms with Crippen LogP contribution in [0, 0.1) is 19.8 Å². The summed E-state index contributed by atoms with van der Waals surface area (Å²) in [6.45, 7) is 13.0. The lowest BCUT2D eigenvalue weighted by atomic mass is 10.0. The second-order valence-corrected chi connectivity index (χ2v) is 4.35. The third kappa shape index (κ3) is 2.81. The van der Waals surface area contributed by atoms with Crippen molar-refractivity contribution in [2.24, 2.45) is 5.92 Å². The summed E-state index contributed by atoms with van der Waals surface area (Å²) in [5.74, 6) is 0.622. The van der Waals surface area contributed by atoms with E-state index in [4.69, 9.17) is 0 Å². The van der Waals surface area contributed by atoms with Gasteiger partial charge in [0.1, 0.15) is 0 Å². The quantitative estimate of drug-likeness (QED) is 0.806. The molecule has 2 unspecified atom stereocenters. The monoisotopic (exact) mass is 209 g/mol. The van der Waals surface area contributed by atoms with E-state index >= 15 is 0 Å². The van der Waals surface area contributed by atoms with Gasteiger partial charge in [-0.05, 0) is 39.8 Å². The minimum atomic E-state index is 0.505. The summed E-state index contributed by atoms with van der Waals surface area (Å²) in [6.07, 6.45) is 1.96. The first-order chi connectivity index (χ1) is 7.07. The summed E-state index contributed by atoms with van der Waals surface area (Å²) < 4.78 is 2.28.